The highest BCUT2D eigenvalue weighted by Crippen LogP contribution is 2.31. The van der Waals surface area contributed by atoms with Crippen molar-refractivity contribution < 1.29 is 5.11 Å². The van der Waals surface area contributed by atoms with Crippen LogP contribution < -0.4 is 5.32 Å². The Labute approximate surface area is 91.3 Å². The molecule has 1 unspecified atom stereocenters. The van der Waals surface area contributed by atoms with Crippen molar-refractivity contribution in [2.24, 2.45) is 5.92 Å². The molecule has 1 aromatic carbocycles. The standard InChI is InChI=1S/C13H19NO/c15-13(12-4-2-1-3-5-12)10-14-9-8-11-6-7-11/h1-5,11,13-15H,6-10H2. The van der Waals surface area contributed by atoms with E-state index >= 15 is 0 Å². The van der Waals surface area contributed by atoms with Crippen molar-refractivity contribution in [3.8, 4) is 0 Å². The van der Waals surface area contributed by atoms with Crippen molar-refractivity contribution in [2.75, 3.05) is 13.1 Å². The lowest BCUT2D eigenvalue weighted by molar-refractivity contribution is 0.174. The van der Waals surface area contributed by atoms with Gasteiger partial charge in [-0.15, -0.1) is 0 Å². The van der Waals surface area contributed by atoms with E-state index in [-0.39, 0.29) is 6.10 Å². The van der Waals surface area contributed by atoms with Crippen LogP contribution in [0.4, 0.5) is 0 Å². The van der Waals surface area contributed by atoms with Crippen molar-refractivity contribution >= 4 is 0 Å². The topological polar surface area (TPSA) is 32.3 Å². The minimum atomic E-state index is -0.370. The number of aliphatic hydroxyl groups is 1. The third-order valence-corrected chi connectivity index (χ3v) is 2.95. The monoisotopic (exact) mass is 205 g/mol. The maximum Gasteiger partial charge on any atom is 0.0914 e. The summed E-state index contributed by atoms with van der Waals surface area (Å²) in [4.78, 5) is 0. The van der Waals surface area contributed by atoms with E-state index in [4.69, 9.17) is 0 Å². The van der Waals surface area contributed by atoms with Crippen LogP contribution in [0.3, 0.4) is 0 Å². The van der Waals surface area contributed by atoms with Crippen LogP contribution in [0.5, 0.6) is 0 Å². The first-order chi connectivity index (χ1) is 7.36. The molecule has 82 valence electrons. The summed E-state index contributed by atoms with van der Waals surface area (Å²) in [5, 5.41) is 13.1. The van der Waals surface area contributed by atoms with Gasteiger partial charge in [0.1, 0.15) is 0 Å². The number of benzene rings is 1. The molecular weight excluding hydrogens is 186 g/mol. The summed E-state index contributed by atoms with van der Waals surface area (Å²) in [5.41, 5.74) is 0.997. The summed E-state index contributed by atoms with van der Waals surface area (Å²) in [7, 11) is 0. The lowest BCUT2D eigenvalue weighted by Gasteiger charge is -2.11. The Morgan fingerprint density at radius 2 is 2.00 bits per heavy atom. The average molecular weight is 205 g/mol. The first-order valence-corrected chi connectivity index (χ1v) is 5.80. The maximum atomic E-state index is 9.84. The molecule has 15 heavy (non-hydrogen) atoms. The number of aliphatic hydroxyl groups excluding tert-OH is 1. The van der Waals surface area contributed by atoms with Gasteiger partial charge < -0.3 is 10.4 Å². The van der Waals surface area contributed by atoms with Crippen LogP contribution in [0.25, 0.3) is 0 Å². The first-order valence-electron chi connectivity index (χ1n) is 5.80. The second kappa shape index (κ2) is 5.29. The van der Waals surface area contributed by atoms with Gasteiger partial charge in [-0.1, -0.05) is 43.2 Å². The zero-order valence-corrected chi connectivity index (χ0v) is 9.02. The van der Waals surface area contributed by atoms with Gasteiger partial charge in [0, 0.05) is 6.54 Å². The zero-order chi connectivity index (χ0) is 10.5. The predicted octanol–water partition coefficient (Wildman–Crippen LogP) is 2.11. The van der Waals surface area contributed by atoms with Crippen molar-refractivity contribution in [3.05, 3.63) is 35.9 Å². The summed E-state index contributed by atoms with van der Waals surface area (Å²) in [6, 6.07) is 9.82. The lowest BCUT2D eigenvalue weighted by Crippen LogP contribution is -2.22. The van der Waals surface area contributed by atoms with E-state index in [1.807, 2.05) is 30.3 Å². The van der Waals surface area contributed by atoms with Crippen LogP contribution in [-0.4, -0.2) is 18.2 Å². The van der Waals surface area contributed by atoms with E-state index in [0.29, 0.717) is 6.54 Å². The van der Waals surface area contributed by atoms with E-state index < -0.39 is 0 Å². The van der Waals surface area contributed by atoms with Gasteiger partial charge >= 0.3 is 0 Å². The van der Waals surface area contributed by atoms with Gasteiger partial charge in [-0.05, 0) is 24.4 Å². The quantitative estimate of drug-likeness (QED) is 0.697. The number of hydrogen-bond acceptors (Lipinski definition) is 2. The normalized spacial score (nSPS) is 17.7. The molecule has 2 N–H and O–H groups in total. The summed E-state index contributed by atoms with van der Waals surface area (Å²) in [5.74, 6) is 0.964. The SMILES string of the molecule is OC(CNCCC1CC1)c1ccccc1. The number of nitrogens with one attached hydrogen (secondary N) is 1. The Bertz CT molecular complexity index is 282. The molecule has 2 rings (SSSR count). The molecule has 0 spiro atoms. The smallest absolute Gasteiger partial charge is 0.0914 e. The molecule has 0 aromatic heterocycles. The highest BCUT2D eigenvalue weighted by atomic mass is 16.3. The van der Waals surface area contributed by atoms with E-state index in [2.05, 4.69) is 5.32 Å². The average Bonchev–Trinajstić information content (AvgIpc) is 3.09. The second-order valence-corrected chi connectivity index (χ2v) is 4.36. The Morgan fingerprint density at radius 1 is 1.27 bits per heavy atom. The third kappa shape index (κ3) is 3.65. The highest BCUT2D eigenvalue weighted by Gasteiger charge is 2.20. The fraction of sp³-hybridized carbons (Fsp3) is 0.538. The van der Waals surface area contributed by atoms with Crippen LogP contribution in [0.15, 0.2) is 30.3 Å². The highest BCUT2D eigenvalue weighted by molar-refractivity contribution is 5.17. The molecule has 0 bridgehead atoms. The molecule has 0 amide bonds. The molecule has 1 fully saturated rings. The molecule has 0 heterocycles. The van der Waals surface area contributed by atoms with Gasteiger partial charge in [-0.3, -0.25) is 0 Å². The van der Waals surface area contributed by atoms with Gasteiger partial charge in [-0.2, -0.15) is 0 Å². The molecule has 0 aliphatic heterocycles. The van der Waals surface area contributed by atoms with Crippen LogP contribution in [0, 0.1) is 5.92 Å². The van der Waals surface area contributed by atoms with E-state index in [1.165, 1.54) is 19.3 Å². The fourth-order valence-electron chi connectivity index (χ4n) is 1.74. The lowest BCUT2D eigenvalue weighted by atomic mass is 10.1. The van der Waals surface area contributed by atoms with Crippen LogP contribution in [0.1, 0.15) is 30.9 Å². The minimum absolute atomic E-state index is 0.370. The molecule has 0 radical (unpaired) electrons. The van der Waals surface area contributed by atoms with Gasteiger partial charge in [0.2, 0.25) is 0 Å². The molecule has 1 aliphatic rings. The maximum absolute atomic E-state index is 9.84. The van der Waals surface area contributed by atoms with Crippen LogP contribution >= 0.6 is 0 Å². The Hall–Kier alpha value is -0.860. The first kappa shape index (κ1) is 10.7. The van der Waals surface area contributed by atoms with Gasteiger partial charge in [0.25, 0.3) is 0 Å². The van der Waals surface area contributed by atoms with Crippen LogP contribution in [0.2, 0.25) is 0 Å². The Kier molecular flexibility index (Phi) is 3.75. The molecule has 1 aliphatic carbocycles. The molecule has 1 aromatic rings. The molecule has 2 nitrogen and oxygen atoms in total. The molecule has 1 saturated carbocycles. The van der Waals surface area contributed by atoms with E-state index in [9.17, 15) is 5.11 Å². The van der Waals surface area contributed by atoms with Crippen molar-refractivity contribution in [3.63, 3.8) is 0 Å². The van der Waals surface area contributed by atoms with Gasteiger partial charge in [0.15, 0.2) is 0 Å². The van der Waals surface area contributed by atoms with Gasteiger partial charge in [-0.25, -0.2) is 0 Å². The minimum Gasteiger partial charge on any atom is -0.387 e. The summed E-state index contributed by atoms with van der Waals surface area (Å²) in [6.45, 7) is 1.70. The summed E-state index contributed by atoms with van der Waals surface area (Å²) >= 11 is 0. The molecular formula is C13H19NO. The largest absolute Gasteiger partial charge is 0.387 e. The molecule has 2 heteroatoms. The Balaban J connectivity index is 1.65. The fourth-order valence-corrected chi connectivity index (χ4v) is 1.74. The summed E-state index contributed by atoms with van der Waals surface area (Å²) in [6.07, 6.45) is 3.71. The van der Waals surface area contributed by atoms with Crippen molar-refractivity contribution in [1.29, 1.82) is 0 Å². The van der Waals surface area contributed by atoms with E-state index in [0.717, 1.165) is 18.0 Å². The third-order valence-electron chi connectivity index (χ3n) is 2.95. The predicted molar refractivity (Wildman–Crippen MR) is 61.6 cm³/mol. The zero-order valence-electron chi connectivity index (χ0n) is 9.02. The van der Waals surface area contributed by atoms with Crippen molar-refractivity contribution in [1.82, 2.24) is 5.32 Å². The second-order valence-electron chi connectivity index (χ2n) is 4.36. The number of rotatable bonds is 6. The van der Waals surface area contributed by atoms with Gasteiger partial charge in [0.05, 0.1) is 6.10 Å². The number of hydrogen-bond donors (Lipinski definition) is 2. The van der Waals surface area contributed by atoms with Crippen molar-refractivity contribution in [2.45, 2.75) is 25.4 Å². The Morgan fingerprint density at radius 3 is 2.67 bits per heavy atom. The molecule has 1 atom stereocenters. The van der Waals surface area contributed by atoms with Crippen LogP contribution in [-0.2, 0) is 0 Å². The molecule has 0 saturated heterocycles. The van der Waals surface area contributed by atoms with E-state index in [1.54, 1.807) is 0 Å². The summed E-state index contributed by atoms with van der Waals surface area (Å²) < 4.78 is 0.